The number of hydrogen-bond donors (Lipinski definition) is 0. The zero-order chi connectivity index (χ0) is 10.8. The number of imidazole rings is 1. The molecule has 0 aliphatic rings. The molecule has 0 spiro atoms. The van der Waals surface area contributed by atoms with E-state index in [1.54, 1.807) is 17.0 Å². The summed E-state index contributed by atoms with van der Waals surface area (Å²) in [6.45, 7) is 6.14. The van der Waals surface area contributed by atoms with E-state index in [2.05, 4.69) is 4.98 Å². The molecule has 4 heteroatoms. The number of nitrogens with zero attached hydrogens (tertiary/aromatic N) is 2. The standard InChI is InChI=1S/C10H16N2O2/c1-10(2,3)9-11-5-6-12(9)8(13)7-14-4/h5-6H,7H2,1-4H3. The van der Waals surface area contributed by atoms with E-state index in [1.165, 1.54) is 7.11 Å². The zero-order valence-electron chi connectivity index (χ0n) is 9.07. The van der Waals surface area contributed by atoms with Gasteiger partial charge in [0.15, 0.2) is 0 Å². The topological polar surface area (TPSA) is 44.1 Å². The molecular weight excluding hydrogens is 180 g/mol. The number of hydrogen-bond acceptors (Lipinski definition) is 3. The molecule has 1 heterocycles. The molecule has 4 nitrogen and oxygen atoms in total. The van der Waals surface area contributed by atoms with Gasteiger partial charge in [-0.1, -0.05) is 20.8 Å². The molecule has 0 atom stereocenters. The fourth-order valence-corrected chi connectivity index (χ4v) is 1.25. The normalized spacial score (nSPS) is 11.7. The van der Waals surface area contributed by atoms with Crippen LogP contribution in [0.3, 0.4) is 0 Å². The van der Waals surface area contributed by atoms with Crippen LogP contribution in [-0.2, 0) is 10.2 Å². The van der Waals surface area contributed by atoms with Crippen LogP contribution in [-0.4, -0.2) is 29.2 Å². The SMILES string of the molecule is COCC(=O)n1ccnc1C(C)(C)C. The number of carbonyl (C=O) groups excluding carboxylic acids is 1. The van der Waals surface area contributed by atoms with Crippen LogP contribution < -0.4 is 0 Å². The maximum Gasteiger partial charge on any atom is 0.258 e. The second-order valence-electron chi connectivity index (χ2n) is 4.20. The van der Waals surface area contributed by atoms with E-state index in [9.17, 15) is 4.79 Å². The molecule has 0 N–H and O–H groups in total. The van der Waals surface area contributed by atoms with Gasteiger partial charge in [-0.3, -0.25) is 9.36 Å². The van der Waals surface area contributed by atoms with Gasteiger partial charge in [-0.2, -0.15) is 0 Å². The minimum Gasteiger partial charge on any atom is -0.375 e. The predicted octanol–water partition coefficient (Wildman–Crippen LogP) is 1.47. The molecule has 1 aromatic rings. The monoisotopic (exact) mass is 196 g/mol. The molecule has 0 saturated heterocycles. The van der Waals surface area contributed by atoms with Crippen LogP contribution in [0, 0.1) is 0 Å². The average molecular weight is 196 g/mol. The first kappa shape index (κ1) is 10.9. The van der Waals surface area contributed by atoms with Gasteiger partial charge < -0.3 is 4.74 Å². The lowest BCUT2D eigenvalue weighted by Gasteiger charge is -2.18. The summed E-state index contributed by atoms with van der Waals surface area (Å²) in [5, 5.41) is 0. The van der Waals surface area contributed by atoms with E-state index >= 15 is 0 Å². The Bertz CT molecular complexity index is 323. The number of methoxy groups -OCH3 is 1. The third-order valence-corrected chi connectivity index (χ3v) is 1.85. The van der Waals surface area contributed by atoms with E-state index in [-0.39, 0.29) is 17.9 Å². The molecule has 14 heavy (non-hydrogen) atoms. The van der Waals surface area contributed by atoms with Gasteiger partial charge in [0.05, 0.1) is 0 Å². The third kappa shape index (κ3) is 2.20. The van der Waals surface area contributed by atoms with Crippen molar-refractivity contribution in [1.29, 1.82) is 0 Å². The van der Waals surface area contributed by atoms with Crippen molar-refractivity contribution < 1.29 is 9.53 Å². The summed E-state index contributed by atoms with van der Waals surface area (Å²) in [6, 6.07) is 0. The Kier molecular flexibility index (Phi) is 3.06. The third-order valence-electron chi connectivity index (χ3n) is 1.85. The average Bonchev–Trinajstić information content (AvgIpc) is 2.50. The van der Waals surface area contributed by atoms with Gasteiger partial charge in [0.25, 0.3) is 5.91 Å². The highest BCUT2D eigenvalue weighted by atomic mass is 16.5. The molecule has 0 fully saturated rings. The second-order valence-corrected chi connectivity index (χ2v) is 4.20. The molecule has 78 valence electrons. The van der Waals surface area contributed by atoms with Crippen LogP contribution in [0.25, 0.3) is 0 Å². The van der Waals surface area contributed by atoms with Crippen molar-refractivity contribution in [2.24, 2.45) is 0 Å². The largest absolute Gasteiger partial charge is 0.375 e. The molecule has 0 aliphatic carbocycles. The number of ether oxygens (including phenoxy) is 1. The predicted molar refractivity (Wildman–Crippen MR) is 53.4 cm³/mol. The maximum absolute atomic E-state index is 11.6. The summed E-state index contributed by atoms with van der Waals surface area (Å²) in [6.07, 6.45) is 3.30. The van der Waals surface area contributed by atoms with Crippen LogP contribution in [0.15, 0.2) is 12.4 Å². The Labute approximate surface area is 83.9 Å². The summed E-state index contributed by atoms with van der Waals surface area (Å²) in [7, 11) is 1.51. The molecule has 0 unspecified atom stereocenters. The van der Waals surface area contributed by atoms with Crippen molar-refractivity contribution in [3.63, 3.8) is 0 Å². The first-order valence-electron chi connectivity index (χ1n) is 4.53. The first-order chi connectivity index (χ1) is 6.46. The second kappa shape index (κ2) is 3.92. The number of aromatic nitrogens is 2. The van der Waals surface area contributed by atoms with Crippen LogP contribution in [0.4, 0.5) is 0 Å². The molecule has 0 aromatic carbocycles. The van der Waals surface area contributed by atoms with Gasteiger partial charge in [-0.05, 0) is 0 Å². The molecule has 1 rings (SSSR count). The van der Waals surface area contributed by atoms with E-state index in [0.29, 0.717) is 0 Å². The summed E-state index contributed by atoms with van der Waals surface area (Å²) < 4.78 is 6.34. The minimum absolute atomic E-state index is 0.0828. The molecule has 0 saturated carbocycles. The highest BCUT2D eigenvalue weighted by Crippen LogP contribution is 2.19. The lowest BCUT2D eigenvalue weighted by Crippen LogP contribution is -2.25. The van der Waals surface area contributed by atoms with E-state index in [4.69, 9.17) is 4.74 Å². The Morgan fingerprint density at radius 3 is 2.71 bits per heavy atom. The van der Waals surface area contributed by atoms with Crippen LogP contribution >= 0.6 is 0 Å². The Balaban J connectivity index is 2.99. The lowest BCUT2D eigenvalue weighted by atomic mass is 9.96. The van der Waals surface area contributed by atoms with Crippen LogP contribution in [0.2, 0.25) is 0 Å². The Hall–Kier alpha value is -1.16. The lowest BCUT2D eigenvalue weighted by molar-refractivity contribution is 0.0754. The Morgan fingerprint density at radius 1 is 1.57 bits per heavy atom. The highest BCUT2D eigenvalue weighted by Gasteiger charge is 2.22. The molecule has 0 bridgehead atoms. The van der Waals surface area contributed by atoms with Crippen molar-refractivity contribution >= 4 is 5.91 Å². The van der Waals surface area contributed by atoms with Crippen molar-refractivity contribution in [3.05, 3.63) is 18.2 Å². The number of carbonyl (C=O) groups is 1. The molecular formula is C10H16N2O2. The quantitative estimate of drug-likeness (QED) is 0.719. The molecule has 1 aromatic heterocycles. The van der Waals surface area contributed by atoms with Gasteiger partial charge in [0, 0.05) is 24.9 Å². The van der Waals surface area contributed by atoms with Crippen molar-refractivity contribution in [2.75, 3.05) is 13.7 Å². The molecule has 0 amide bonds. The van der Waals surface area contributed by atoms with Crippen molar-refractivity contribution in [1.82, 2.24) is 9.55 Å². The van der Waals surface area contributed by atoms with Gasteiger partial charge in [0.1, 0.15) is 12.4 Å². The van der Waals surface area contributed by atoms with Crippen molar-refractivity contribution in [2.45, 2.75) is 26.2 Å². The van der Waals surface area contributed by atoms with Crippen molar-refractivity contribution in [3.8, 4) is 0 Å². The van der Waals surface area contributed by atoms with Gasteiger partial charge in [-0.15, -0.1) is 0 Å². The van der Waals surface area contributed by atoms with Gasteiger partial charge in [0.2, 0.25) is 0 Å². The van der Waals surface area contributed by atoms with E-state index in [0.717, 1.165) is 5.82 Å². The summed E-state index contributed by atoms with van der Waals surface area (Å²) >= 11 is 0. The molecule has 0 aliphatic heterocycles. The zero-order valence-corrected chi connectivity index (χ0v) is 9.07. The fraction of sp³-hybridized carbons (Fsp3) is 0.600. The van der Waals surface area contributed by atoms with E-state index < -0.39 is 0 Å². The van der Waals surface area contributed by atoms with Gasteiger partial charge >= 0.3 is 0 Å². The molecule has 0 radical (unpaired) electrons. The fourth-order valence-electron chi connectivity index (χ4n) is 1.25. The number of rotatable bonds is 2. The minimum atomic E-state index is -0.132. The first-order valence-corrected chi connectivity index (χ1v) is 4.53. The maximum atomic E-state index is 11.6. The smallest absolute Gasteiger partial charge is 0.258 e. The van der Waals surface area contributed by atoms with E-state index in [1.807, 2.05) is 20.8 Å². The summed E-state index contributed by atoms with van der Waals surface area (Å²) in [5.74, 6) is 0.675. The van der Waals surface area contributed by atoms with Crippen LogP contribution in [0.5, 0.6) is 0 Å². The van der Waals surface area contributed by atoms with Crippen LogP contribution in [0.1, 0.15) is 31.4 Å². The van der Waals surface area contributed by atoms with Gasteiger partial charge in [-0.25, -0.2) is 4.98 Å². The summed E-state index contributed by atoms with van der Waals surface area (Å²) in [4.78, 5) is 15.7. The highest BCUT2D eigenvalue weighted by molar-refractivity contribution is 5.80. The Morgan fingerprint density at radius 2 is 2.21 bits per heavy atom. The summed E-state index contributed by atoms with van der Waals surface area (Å²) in [5.41, 5.74) is -0.132.